The average molecular weight is 428 g/mol. The first-order valence-electron chi connectivity index (χ1n) is 10.6. The largest absolute Gasteiger partial charge is 0.322 e. The second-order valence-corrected chi connectivity index (χ2v) is 10.4. The highest BCUT2D eigenvalue weighted by molar-refractivity contribution is 7.93. The van der Waals surface area contributed by atoms with E-state index in [0.29, 0.717) is 24.2 Å². The van der Waals surface area contributed by atoms with Gasteiger partial charge in [0.2, 0.25) is 10.0 Å². The molecule has 0 atom stereocenters. The molecule has 1 amide bonds. The maximum Gasteiger partial charge on any atom is 0.255 e. The molecule has 0 radical (unpaired) electrons. The summed E-state index contributed by atoms with van der Waals surface area (Å²) in [6, 6.07) is 14.7. The number of carbonyl (C=O) groups is 1. The van der Waals surface area contributed by atoms with Crippen molar-refractivity contribution < 1.29 is 13.2 Å². The Hall–Kier alpha value is -2.38. The zero-order chi connectivity index (χ0) is 21.1. The van der Waals surface area contributed by atoms with Crippen LogP contribution in [0.1, 0.15) is 42.1 Å². The van der Waals surface area contributed by atoms with E-state index in [-0.39, 0.29) is 11.7 Å². The molecule has 0 aromatic heterocycles. The van der Waals surface area contributed by atoms with Crippen LogP contribution < -0.4 is 9.62 Å². The van der Waals surface area contributed by atoms with Crippen LogP contribution in [0.5, 0.6) is 0 Å². The Kier molecular flexibility index (Phi) is 6.11. The van der Waals surface area contributed by atoms with Gasteiger partial charge in [-0.3, -0.25) is 14.0 Å². The topological polar surface area (TPSA) is 69.7 Å². The first kappa shape index (κ1) is 20.9. The number of carbonyl (C=O) groups excluding carboxylic acids is 1. The van der Waals surface area contributed by atoms with E-state index in [2.05, 4.69) is 29.3 Å². The molecular formula is C23H29N3O3S. The first-order chi connectivity index (χ1) is 14.4. The van der Waals surface area contributed by atoms with Crippen molar-refractivity contribution in [2.75, 3.05) is 35.0 Å². The third kappa shape index (κ3) is 4.84. The third-order valence-electron chi connectivity index (χ3n) is 6.01. The van der Waals surface area contributed by atoms with Gasteiger partial charge in [0.1, 0.15) is 0 Å². The van der Waals surface area contributed by atoms with Crippen molar-refractivity contribution in [2.24, 2.45) is 5.92 Å². The molecule has 160 valence electrons. The number of benzene rings is 2. The van der Waals surface area contributed by atoms with Crippen LogP contribution in [0.25, 0.3) is 0 Å². The van der Waals surface area contributed by atoms with Crippen LogP contribution in [0.15, 0.2) is 48.5 Å². The van der Waals surface area contributed by atoms with Crippen LogP contribution in [0.2, 0.25) is 0 Å². The molecule has 0 spiro atoms. The van der Waals surface area contributed by atoms with E-state index < -0.39 is 10.0 Å². The number of sulfonamides is 1. The van der Waals surface area contributed by atoms with Crippen molar-refractivity contribution in [1.29, 1.82) is 0 Å². The fourth-order valence-electron chi connectivity index (χ4n) is 4.08. The number of rotatable bonds is 5. The predicted octanol–water partition coefficient (Wildman–Crippen LogP) is 3.71. The summed E-state index contributed by atoms with van der Waals surface area (Å²) in [5.41, 5.74) is 3.11. The zero-order valence-electron chi connectivity index (χ0n) is 17.4. The Labute approximate surface area is 178 Å². The average Bonchev–Trinajstić information content (AvgIpc) is 3.10. The lowest BCUT2D eigenvalue weighted by Gasteiger charge is -2.30. The van der Waals surface area contributed by atoms with E-state index in [4.69, 9.17) is 0 Å². The summed E-state index contributed by atoms with van der Waals surface area (Å²) in [4.78, 5) is 15.0. The number of hydrogen-bond acceptors (Lipinski definition) is 4. The number of amides is 1. The van der Waals surface area contributed by atoms with Crippen molar-refractivity contribution in [1.82, 2.24) is 4.90 Å². The van der Waals surface area contributed by atoms with Gasteiger partial charge >= 0.3 is 0 Å². The van der Waals surface area contributed by atoms with Crippen molar-refractivity contribution in [3.05, 3.63) is 59.7 Å². The summed E-state index contributed by atoms with van der Waals surface area (Å²) >= 11 is 0. The third-order valence-corrected chi connectivity index (χ3v) is 7.88. The molecule has 2 aromatic carbocycles. The van der Waals surface area contributed by atoms with Gasteiger partial charge in [0.05, 0.1) is 11.4 Å². The Morgan fingerprint density at radius 1 is 1.00 bits per heavy atom. The molecule has 0 unspecified atom stereocenters. The molecule has 2 fully saturated rings. The second kappa shape index (κ2) is 8.78. The highest BCUT2D eigenvalue weighted by Gasteiger charge is 2.28. The van der Waals surface area contributed by atoms with E-state index in [1.165, 1.54) is 22.7 Å². The lowest BCUT2D eigenvalue weighted by molar-refractivity contribution is 0.102. The summed E-state index contributed by atoms with van der Waals surface area (Å²) in [6.07, 6.45) is 3.16. The van der Waals surface area contributed by atoms with Gasteiger partial charge in [-0.2, -0.15) is 0 Å². The molecule has 6 nitrogen and oxygen atoms in total. The molecule has 2 aliphatic heterocycles. The lowest BCUT2D eigenvalue weighted by Crippen LogP contribution is -2.32. The molecule has 1 N–H and O–H groups in total. The van der Waals surface area contributed by atoms with Crippen molar-refractivity contribution in [3.8, 4) is 0 Å². The summed E-state index contributed by atoms with van der Waals surface area (Å²) in [5.74, 6) is 0.804. The van der Waals surface area contributed by atoms with Gasteiger partial charge in [0.15, 0.2) is 0 Å². The van der Waals surface area contributed by atoms with Crippen molar-refractivity contribution >= 4 is 27.3 Å². The zero-order valence-corrected chi connectivity index (χ0v) is 18.2. The minimum atomic E-state index is -3.21. The summed E-state index contributed by atoms with van der Waals surface area (Å²) in [5, 5.41) is 2.92. The molecule has 2 aliphatic rings. The van der Waals surface area contributed by atoms with Gasteiger partial charge in [-0.05, 0) is 80.2 Å². The monoisotopic (exact) mass is 427 g/mol. The molecule has 2 saturated heterocycles. The molecule has 4 rings (SSSR count). The second-order valence-electron chi connectivity index (χ2n) is 8.40. The number of nitrogens with zero attached hydrogens (tertiary/aromatic N) is 2. The fourth-order valence-corrected chi connectivity index (χ4v) is 5.65. The van der Waals surface area contributed by atoms with Crippen LogP contribution in [-0.4, -0.2) is 44.6 Å². The van der Waals surface area contributed by atoms with E-state index in [1.807, 2.05) is 12.1 Å². The van der Waals surface area contributed by atoms with Crippen LogP contribution in [-0.2, 0) is 16.6 Å². The standard InChI is InChI=1S/C23H29N3O3S/c1-18-11-14-25(15-12-18)17-19-3-7-21(8-4-19)24-23(27)20-5-9-22(10-6-20)26-13-2-16-30(26,28)29/h3-10,18H,2,11-17H2,1H3,(H,24,27). The smallest absolute Gasteiger partial charge is 0.255 e. The van der Waals surface area contributed by atoms with Gasteiger partial charge in [0, 0.05) is 24.3 Å². The number of nitrogens with one attached hydrogen (secondary N) is 1. The molecule has 0 bridgehead atoms. The Morgan fingerprint density at radius 3 is 2.27 bits per heavy atom. The Morgan fingerprint density at radius 2 is 1.67 bits per heavy atom. The number of hydrogen-bond donors (Lipinski definition) is 1. The van der Waals surface area contributed by atoms with Crippen LogP contribution in [0.3, 0.4) is 0 Å². The van der Waals surface area contributed by atoms with Gasteiger partial charge in [-0.25, -0.2) is 8.42 Å². The molecular weight excluding hydrogens is 398 g/mol. The SMILES string of the molecule is CC1CCN(Cc2ccc(NC(=O)c3ccc(N4CCCS4(=O)=O)cc3)cc2)CC1. The normalized spacial score (nSPS) is 19.7. The Balaban J connectivity index is 1.34. The van der Waals surface area contributed by atoms with Crippen molar-refractivity contribution in [3.63, 3.8) is 0 Å². The maximum atomic E-state index is 12.6. The van der Waals surface area contributed by atoms with Gasteiger partial charge in [-0.1, -0.05) is 19.1 Å². The highest BCUT2D eigenvalue weighted by Crippen LogP contribution is 2.24. The Bertz CT molecular complexity index is 979. The first-order valence-corrected chi connectivity index (χ1v) is 12.2. The summed E-state index contributed by atoms with van der Waals surface area (Å²) in [6.45, 7) is 6.05. The fraction of sp³-hybridized carbons (Fsp3) is 0.435. The molecule has 0 saturated carbocycles. The lowest BCUT2D eigenvalue weighted by atomic mass is 9.99. The summed E-state index contributed by atoms with van der Waals surface area (Å²) < 4.78 is 25.5. The van der Waals surface area contributed by atoms with Crippen LogP contribution >= 0.6 is 0 Å². The maximum absolute atomic E-state index is 12.6. The van der Waals surface area contributed by atoms with Crippen LogP contribution in [0.4, 0.5) is 11.4 Å². The minimum absolute atomic E-state index is 0.183. The number of piperidine rings is 1. The molecule has 2 heterocycles. The number of likely N-dealkylation sites (tertiary alicyclic amines) is 1. The quantitative estimate of drug-likeness (QED) is 0.790. The van der Waals surface area contributed by atoms with Crippen LogP contribution in [0, 0.1) is 5.92 Å². The summed E-state index contributed by atoms with van der Waals surface area (Å²) in [7, 11) is -3.21. The van der Waals surface area contributed by atoms with Gasteiger partial charge in [-0.15, -0.1) is 0 Å². The highest BCUT2D eigenvalue weighted by atomic mass is 32.2. The molecule has 0 aliphatic carbocycles. The van der Waals surface area contributed by atoms with Crippen molar-refractivity contribution in [2.45, 2.75) is 32.7 Å². The van der Waals surface area contributed by atoms with Gasteiger partial charge in [0.25, 0.3) is 5.91 Å². The van der Waals surface area contributed by atoms with Gasteiger partial charge < -0.3 is 5.32 Å². The van der Waals surface area contributed by atoms with E-state index in [1.54, 1.807) is 24.3 Å². The van der Waals surface area contributed by atoms with E-state index in [0.717, 1.165) is 31.2 Å². The van der Waals surface area contributed by atoms with E-state index in [9.17, 15) is 13.2 Å². The van der Waals surface area contributed by atoms with E-state index >= 15 is 0 Å². The molecule has 7 heteroatoms. The molecule has 30 heavy (non-hydrogen) atoms. The predicted molar refractivity (Wildman–Crippen MR) is 120 cm³/mol. The minimum Gasteiger partial charge on any atom is -0.322 e. The number of anilines is 2. The molecule has 2 aromatic rings.